The Morgan fingerprint density at radius 3 is 2.64 bits per heavy atom. The van der Waals surface area contributed by atoms with Crippen molar-refractivity contribution >= 4 is 23.2 Å². The third kappa shape index (κ3) is 4.98. The fourth-order valence-corrected chi connectivity index (χ4v) is 4.05. The summed E-state index contributed by atoms with van der Waals surface area (Å²) in [6, 6.07) is 3.76. The molecular formula is C19H26N4O4S. The van der Waals surface area contributed by atoms with Crippen LogP contribution < -0.4 is 5.32 Å². The van der Waals surface area contributed by atoms with Gasteiger partial charge in [-0.25, -0.2) is 4.98 Å². The molecule has 0 bridgehead atoms. The van der Waals surface area contributed by atoms with E-state index in [-0.39, 0.29) is 11.8 Å². The number of carbonyl (C=O) groups is 2. The van der Waals surface area contributed by atoms with E-state index in [0.717, 1.165) is 16.5 Å². The molecule has 2 aromatic rings. The highest BCUT2D eigenvalue weighted by atomic mass is 32.1. The number of hydrogen-bond donors (Lipinski definition) is 1. The summed E-state index contributed by atoms with van der Waals surface area (Å²) >= 11 is 1.36. The maximum Gasteiger partial charge on any atom is 0.265 e. The molecule has 0 unspecified atom stereocenters. The lowest BCUT2D eigenvalue weighted by atomic mass is 10.2. The van der Waals surface area contributed by atoms with Crippen molar-refractivity contribution in [3.63, 3.8) is 0 Å². The monoisotopic (exact) mass is 406 g/mol. The molecule has 2 aromatic heterocycles. The smallest absolute Gasteiger partial charge is 0.265 e. The Bertz CT molecular complexity index is 824. The van der Waals surface area contributed by atoms with Gasteiger partial charge in [0.25, 0.3) is 5.91 Å². The topological polar surface area (TPSA) is 87.9 Å². The number of furan rings is 1. The summed E-state index contributed by atoms with van der Waals surface area (Å²) in [7, 11) is 1.60. The lowest BCUT2D eigenvalue weighted by molar-refractivity contribution is -0.122. The number of carbonyl (C=O) groups excluding carboxylic acids is 2. The third-order valence-corrected chi connectivity index (χ3v) is 5.76. The average molecular weight is 407 g/mol. The lowest BCUT2D eigenvalue weighted by Crippen LogP contribution is -2.51. The zero-order chi connectivity index (χ0) is 20.1. The second-order valence-corrected chi connectivity index (χ2v) is 7.75. The largest absolute Gasteiger partial charge is 0.459 e. The number of nitrogens with one attached hydrogen (secondary N) is 1. The van der Waals surface area contributed by atoms with E-state index in [1.54, 1.807) is 7.11 Å². The molecule has 1 N–H and O–H groups in total. The van der Waals surface area contributed by atoms with E-state index in [4.69, 9.17) is 9.15 Å². The molecule has 0 radical (unpaired) electrons. The summed E-state index contributed by atoms with van der Waals surface area (Å²) in [6.45, 7) is 7.62. The number of thiazole rings is 1. The summed E-state index contributed by atoms with van der Waals surface area (Å²) in [5.41, 5.74) is 0.721. The van der Waals surface area contributed by atoms with Crippen LogP contribution >= 0.6 is 11.3 Å². The molecule has 0 saturated carbocycles. The molecule has 0 spiro atoms. The van der Waals surface area contributed by atoms with Crippen LogP contribution in [-0.2, 0) is 9.53 Å². The fraction of sp³-hybridized carbons (Fsp3) is 0.526. The van der Waals surface area contributed by atoms with Crippen LogP contribution in [0.25, 0.3) is 10.8 Å². The van der Waals surface area contributed by atoms with E-state index in [9.17, 15) is 9.59 Å². The molecule has 1 aliphatic heterocycles. The van der Waals surface area contributed by atoms with Crippen LogP contribution in [0.3, 0.4) is 0 Å². The number of aromatic nitrogens is 1. The van der Waals surface area contributed by atoms with Crippen LogP contribution in [0.5, 0.6) is 0 Å². The van der Waals surface area contributed by atoms with Crippen molar-refractivity contribution in [1.29, 1.82) is 0 Å². The molecule has 28 heavy (non-hydrogen) atoms. The standard InChI is InChI=1S/C19H26N4O4S/c1-13-4-5-15(27-13)18-21-14(2)17(28-18)19(25)23-9-7-22(8-10-23)12-16(24)20-6-11-26-3/h4-5H,6-12H2,1-3H3,(H,20,24). The van der Waals surface area contributed by atoms with Gasteiger partial charge in [-0.3, -0.25) is 14.5 Å². The number of hydrogen-bond acceptors (Lipinski definition) is 7. The molecule has 8 nitrogen and oxygen atoms in total. The first-order valence-electron chi connectivity index (χ1n) is 9.29. The highest BCUT2D eigenvalue weighted by molar-refractivity contribution is 7.17. The van der Waals surface area contributed by atoms with Crippen LogP contribution in [0.4, 0.5) is 0 Å². The molecule has 0 aromatic carbocycles. The molecule has 1 saturated heterocycles. The number of nitrogens with zero attached hydrogens (tertiary/aromatic N) is 3. The van der Waals surface area contributed by atoms with Crippen LogP contribution in [0.15, 0.2) is 16.5 Å². The molecule has 1 aliphatic rings. The van der Waals surface area contributed by atoms with Gasteiger partial charge in [-0.2, -0.15) is 0 Å². The van der Waals surface area contributed by atoms with Crippen molar-refractivity contribution in [1.82, 2.24) is 20.1 Å². The number of piperazine rings is 1. The Hall–Kier alpha value is -2.23. The fourth-order valence-electron chi connectivity index (χ4n) is 3.05. The van der Waals surface area contributed by atoms with Crippen LogP contribution in [0.2, 0.25) is 0 Å². The quantitative estimate of drug-likeness (QED) is 0.702. The van der Waals surface area contributed by atoms with Gasteiger partial charge in [-0.15, -0.1) is 11.3 Å². The summed E-state index contributed by atoms with van der Waals surface area (Å²) in [5.74, 6) is 1.48. The molecule has 0 atom stereocenters. The van der Waals surface area contributed by atoms with Gasteiger partial charge in [-0.05, 0) is 26.0 Å². The number of rotatable bonds is 7. The summed E-state index contributed by atoms with van der Waals surface area (Å²) in [5, 5.41) is 3.54. The Labute approximate surface area is 168 Å². The van der Waals surface area contributed by atoms with Crippen LogP contribution in [-0.4, -0.2) is 79.6 Å². The Balaban J connectivity index is 1.54. The highest BCUT2D eigenvalue weighted by Gasteiger charge is 2.26. The van der Waals surface area contributed by atoms with Gasteiger partial charge >= 0.3 is 0 Å². The molecule has 3 heterocycles. The molecule has 9 heteroatoms. The summed E-state index contributed by atoms with van der Waals surface area (Å²) in [4.78, 5) is 33.9. The summed E-state index contributed by atoms with van der Waals surface area (Å²) < 4.78 is 10.5. The Morgan fingerprint density at radius 1 is 1.25 bits per heavy atom. The van der Waals surface area contributed by atoms with Crippen molar-refractivity contribution in [2.45, 2.75) is 13.8 Å². The number of aryl methyl sites for hydroxylation is 2. The average Bonchev–Trinajstić information content (AvgIpc) is 3.27. The zero-order valence-corrected chi connectivity index (χ0v) is 17.3. The Morgan fingerprint density at radius 2 is 2.00 bits per heavy atom. The van der Waals surface area contributed by atoms with Crippen molar-refractivity contribution in [3.8, 4) is 10.8 Å². The molecule has 152 valence electrons. The lowest BCUT2D eigenvalue weighted by Gasteiger charge is -2.34. The molecule has 0 aliphatic carbocycles. The third-order valence-electron chi connectivity index (χ3n) is 4.60. The number of amides is 2. The van der Waals surface area contributed by atoms with Gasteiger partial charge in [-0.1, -0.05) is 0 Å². The predicted octanol–water partition coefficient (Wildman–Crippen LogP) is 1.54. The maximum absolute atomic E-state index is 12.9. The van der Waals surface area contributed by atoms with E-state index < -0.39 is 0 Å². The van der Waals surface area contributed by atoms with Crippen LogP contribution in [0, 0.1) is 13.8 Å². The van der Waals surface area contributed by atoms with E-state index >= 15 is 0 Å². The minimum atomic E-state index is -0.0199. The summed E-state index contributed by atoms with van der Waals surface area (Å²) in [6.07, 6.45) is 0. The van der Waals surface area contributed by atoms with Gasteiger partial charge in [0.1, 0.15) is 10.6 Å². The van der Waals surface area contributed by atoms with E-state index in [1.165, 1.54) is 11.3 Å². The van der Waals surface area contributed by atoms with Gasteiger partial charge in [0.05, 0.1) is 18.8 Å². The van der Waals surface area contributed by atoms with Crippen molar-refractivity contribution in [3.05, 3.63) is 28.5 Å². The van der Waals surface area contributed by atoms with E-state index in [2.05, 4.69) is 15.2 Å². The Kier molecular flexibility index (Phi) is 6.82. The van der Waals surface area contributed by atoms with Gasteiger partial charge in [0, 0.05) is 39.8 Å². The first kappa shape index (κ1) is 20.5. The zero-order valence-electron chi connectivity index (χ0n) is 16.5. The van der Waals surface area contributed by atoms with Crippen molar-refractivity contribution < 1.29 is 18.7 Å². The van der Waals surface area contributed by atoms with Gasteiger partial charge in [0.15, 0.2) is 10.8 Å². The second kappa shape index (κ2) is 9.31. The normalized spacial score (nSPS) is 15.0. The van der Waals surface area contributed by atoms with Gasteiger partial charge < -0.3 is 19.4 Å². The number of methoxy groups -OCH3 is 1. The molecule has 1 fully saturated rings. The minimum Gasteiger partial charge on any atom is -0.459 e. The first-order valence-corrected chi connectivity index (χ1v) is 10.1. The molecule has 3 rings (SSSR count). The van der Waals surface area contributed by atoms with E-state index in [0.29, 0.717) is 56.5 Å². The predicted molar refractivity (Wildman–Crippen MR) is 107 cm³/mol. The molecule has 2 amide bonds. The SMILES string of the molecule is COCCNC(=O)CN1CCN(C(=O)c2sc(-c3ccc(C)o3)nc2C)CC1. The highest BCUT2D eigenvalue weighted by Crippen LogP contribution is 2.30. The van der Waals surface area contributed by atoms with Crippen molar-refractivity contribution in [2.24, 2.45) is 0 Å². The number of ether oxygens (including phenoxy) is 1. The van der Waals surface area contributed by atoms with Gasteiger partial charge in [0.2, 0.25) is 5.91 Å². The van der Waals surface area contributed by atoms with Crippen LogP contribution in [0.1, 0.15) is 21.1 Å². The van der Waals surface area contributed by atoms with Crippen molar-refractivity contribution in [2.75, 3.05) is 53.0 Å². The first-order chi connectivity index (χ1) is 13.5. The van der Waals surface area contributed by atoms with E-state index in [1.807, 2.05) is 30.9 Å². The second-order valence-electron chi connectivity index (χ2n) is 6.75. The minimum absolute atomic E-state index is 0.00581. The maximum atomic E-state index is 12.9. The molecular weight excluding hydrogens is 380 g/mol.